The summed E-state index contributed by atoms with van der Waals surface area (Å²) in [6.07, 6.45) is -7.02. The van der Waals surface area contributed by atoms with Gasteiger partial charge in [0.25, 0.3) is 0 Å². The summed E-state index contributed by atoms with van der Waals surface area (Å²) in [5, 5.41) is 72.6. The van der Waals surface area contributed by atoms with Crippen LogP contribution in [0.1, 0.15) is 22.6 Å². The van der Waals surface area contributed by atoms with Gasteiger partial charge >= 0.3 is 0 Å². The molecule has 0 spiro atoms. The number of fused-ring (bicyclic) bond motifs is 1. The van der Waals surface area contributed by atoms with Crippen molar-refractivity contribution in [2.24, 2.45) is 11.8 Å². The maximum absolute atomic E-state index is 11.0. The van der Waals surface area contributed by atoms with E-state index in [0.29, 0.717) is 17.5 Å². The minimum Gasteiger partial charge on any atom is -0.502 e. The van der Waals surface area contributed by atoms with Crippen LogP contribution in [0.5, 0.6) is 34.5 Å². The quantitative estimate of drug-likeness (QED) is 0.196. The zero-order valence-electron chi connectivity index (χ0n) is 23.3. The van der Waals surface area contributed by atoms with Crippen LogP contribution < -0.4 is 18.9 Å². The summed E-state index contributed by atoms with van der Waals surface area (Å²) >= 11 is 0. The second kappa shape index (κ2) is 12.9. The van der Waals surface area contributed by atoms with Crippen LogP contribution in [0.15, 0.2) is 18.2 Å². The third-order valence-corrected chi connectivity index (χ3v) is 7.99. The topological polar surface area (TPSA) is 197 Å². The van der Waals surface area contributed by atoms with E-state index >= 15 is 0 Å². The van der Waals surface area contributed by atoms with Gasteiger partial charge in [0.05, 0.1) is 41.7 Å². The predicted octanol–water partition coefficient (Wildman–Crippen LogP) is -0.139. The zero-order chi connectivity index (χ0) is 30.0. The number of benzene rings is 2. The molecule has 41 heavy (non-hydrogen) atoms. The molecule has 0 saturated carbocycles. The van der Waals surface area contributed by atoms with Gasteiger partial charge < -0.3 is 64.2 Å². The Morgan fingerprint density at radius 2 is 1.39 bits per heavy atom. The molecule has 8 atom stereocenters. The number of ether oxygens (including phenoxy) is 6. The predicted molar refractivity (Wildman–Crippen MR) is 142 cm³/mol. The fourth-order valence-electron chi connectivity index (χ4n) is 5.83. The van der Waals surface area contributed by atoms with Crippen LogP contribution in [-0.4, -0.2) is 115 Å². The summed E-state index contributed by atoms with van der Waals surface area (Å²) in [4.78, 5) is 0. The number of rotatable bonds is 10. The van der Waals surface area contributed by atoms with Crippen molar-refractivity contribution in [2.75, 3.05) is 48.3 Å². The summed E-state index contributed by atoms with van der Waals surface area (Å²) < 4.78 is 33.3. The van der Waals surface area contributed by atoms with E-state index in [9.17, 15) is 35.7 Å². The first-order valence-corrected chi connectivity index (χ1v) is 13.1. The Kier molecular flexibility index (Phi) is 9.70. The third-order valence-electron chi connectivity index (χ3n) is 7.99. The van der Waals surface area contributed by atoms with Gasteiger partial charge in [-0.3, -0.25) is 0 Å². The zero-order valence-corrected chi connectivity index (χ0v) is 23.3. The number of aliphatic hydroxyl groups is 5. The van der Waals surface area contributed by atoms with Gasteiger partial charge in [0.2, 0.25) is 11.5 Å². The molecule has 0 bridgehead atoms. The molecule has 2 aliphatic rings. The minimum absolute atomic E-state index is 0.123. The molecule has 0 unspecified atom stereocenters. The summed E-state index contributed by atoms with van der Waals surface area (Å²) in [6, 6.07) is 4.88. The lowest BCUT2D eigenvalue weighted by atomic mass is 9.66. The molecule has 2 aromatic rings. The van der Waals surface area contributed by atoms with E-state index in [2.05, 4.69) is 0 Å². The van der Waals surface area contributed by atoms with E-state index < -0.39 is 55.1 Å². The molecule has 4 rings (SSSR count). The Labute approximate surface area is 237 Å². The number of phenols is 2. The number of aromatic hydroxyl groups is 2. The van der Waals surface area contributed by atoms with Crippen LogP contribution in [0.3, 0.4) is 0 Å². The second-order valence-corrected chi connectivity index (χ2v) is 10.1. The Morgan fingerprint density at radius 1 is 0.780 bits per heavy atom. The first-order valence-electron chi connectivity index (χ1n) is 13.1. The summed E-state index contributed by atoms with van der Waals surface area (Å²) in [7, 11) is 5.60. The molecule has 1 fully saturated rings. The van der Waals surface area contributed by atoms with Crippen LogP contribution >= 0.6 is 0 Å². The molecule has 1 aliphatic heterocycles. The normalized spacial score (nSPS) is 29.5. The van der Waals surface area contributed by atoms with Crippen molar-refractivity contribution >= 4 is 0 Å². The molecule has 228 valence electrons. The molecule has 7 N–H and O–H groups in total. The average Bonchev–Trinajstić information content (AvgIpc) is 2.98. The monoisotopic (exact) mass is 582 g/mol. The van der Waals surface area contributed by atoms with Gasteiger partial charge in [-0.05, 0) is 47.6 Å². The molecule has 1 aliphatic carbocycles. The summed E-state index contributed by atoms with van der Waals surface area (Å²) in [5.74, 6) is -1.51. The fourth-order valence-corrected chi connectivity index (χ4v) is 5.83. The average molecular weight is 583 g/mol. The van der Waals surface area contributed by atoms with E-state index in [-0.39, 0.29) is 47.7 Å². The fraction of sp³-hybridized carbons (Fsp3) is 0.571. The number of hydrogen-bond acceptors (Lipinski definition) is 13. The molecule has 0 amide bonds. The highest BCUT2D eigenvalue weighted by Gasteiger charge is 2.46. The summed E-state index contributed by atoms with van der Waals surface area (Å²) in [6.45, 7) is -1.02. The van der Waals surface area contributed by atoms with Crippen molar-refractivity contribution < 1.29 is 64.2 Å². The van der Waals surface area contributed by atoms with Gasteiger partial charge in [0.1, 0.15) is 24.4 Å². The SMILES string of the molecule is COc1cc([C@H]2c3c(cc(OC)c(O)c3OC)C[C@H](CO)[C@H]2CO[C@H]2O[C@@H](CO)[C@H](O)[C@@H](O)[C@@H]2O)cc(OC)c1O. The van der Waals surface area contributed by atoms with Gasteiger partial charge in [-0.25, -0.2) is 0 Å². The van der Waals surface area contributed by atoms with Crippen LogP contribution in [0.25, 0.3) is 0 Å². The highest BCUT2D eigenvalue weighted by atomic mass is 16.7. The van der Waals surface area contributed by atoms with Gasteiger partial charge in [-0.2, -0.15) is 0 Å². The van der Waals surface area contributed by atoms with Crippen molar-refractivity contribution in [2.45, 2.75) is 43.0 Å². The van der Waals surface area contributed by atoms with Gasteiger partial charge in [0, 0.05) is 18.1 Å². The number of methoxy groups -OCH3 is 4. The van der Waals surface area contributed by atoms with Crippen molar-refractivity contribution in [3.05, 3.63) is 34.9 Å². The first-order chi connectivity index (χ1) is 19.6. The number of aliphatic hydroxyl groups excluding tert-OH is 5. The lowest BCUT2D eigenvalue weighted by molar-refractivity contribution is -0.304. The van der Waals surface area contributed by atoms with Crippen LogP contribution in [0.4, 0.5) is 0 Å². The van der Waals surface area contributed by atoms with E-state index in [1.807, 2.05) is 0 Å². The van der Waals surface area contributed by atoms with E-state index in [4.69, 9.17) is 28.4 Å². The van der Waals surface area contributed by atoms with Crippen LogP contribution in [0.2, 0.25) is 0 Å². The number of hydrogen-bond donors (Lipinski definition) is 7. The van der Waals surface area contributed by atoms with Crippen molar-refractivity contribution in [3.63, 3.8) is 0 Å². The van der Waals surface area contributed by atoms with Gasteiger partial charge in [-0.15, -0.1) is 0 Å². The van der Waals surface area contributed by atoms with Crippen molar-refractivity contribution in [1.82, 2.24) is 0 Å². The van der Waals surface area contributed by atoms with Gasteiger partial charge in [0.15, 0.2) is 29.3 Å². The highest BCUT2D eigenvalue weighted by molar-refractivity contribution is 5.64. The summed E-state index contributed by atoms with van der Waals surface area (Å²) in [5.41, 5.74) is 1.88. The largest absolute Gasteiger partial charge is 0.502 e. The molecule has 0 radical (unpaired) electrons. The smallest absolute Gasteiger partial charge is 0.201 e. The Hall–Kier alpha value is -3.04. The molecule has 1 heterocycles. The minimum atomic E-state index is -1.63. The lowest BCUT2D eigenvalue weighted by Crippen LogP contribution is -2.59. The standard InChI is InChI=1S/C28H38O13/c1-36-16-7-13(8-17(37-2)22(16)31)20-15(11-40-28-26(35)25(34)23(32)19(10-30)41-28)14(9-29)5-12-6-18(38-3)24(33)27(39-4)21(12)20/h6-8,14-15,19-20,23,25-26,28-35H,5,9-11H2,1-4H3/t14-,15-,19+,20-,23+,25-,26+,28+/m1/s1. The maximum Gasteiger partial charge on any atom is 0.201 e. The third kappa shape index (κ3) is 5.58. The first kappa shape index (κ1) is 30.9. The molecular formula is C28H38O13. The number of phenolic OH excluding ortho intramolecular Hbond substituents is 2. The van der Waals surface area contributed by atoms with Crippen molar-refractivity contribution in [3.8, 4) is 34.5 Å². The van der Waals surface area contributed by atoms with Gasteiger partial charge in [-0.1, -0.05) is 0 Å². The van der Waals surface area contributed by atoms with Crippen molar-refractivity contribution in [1.29, 1.82) is 0 Å². The van der Waals surface area contributed by atoms with Crippen LogP contribution in [0, 0.1) is 11.8 Å². The molecule has 0 aromatic heterocycles. The molecule has 2 aromatic carbocycles. The lowest BCUT2D eigenvalue weighted by Gasteiger charge is -2.43. The van der Waals surface area contributed by atoms with E-state index in [1.54, 1.807) is 18.2 Å². The molecular weight excluding hydrogens is 544 g/mol. The maximum atomic E-state index is 11.0. The Bertz CT molecular complexity index is 1180. The molecule has 13 heteroatoms. The van der Waals surface area contributed by atoms with E-state index in [0.717, 1.165) is 5.56 Å². The van der Waals surface area contributed by atoms with Crippen LogP contribution in [-0.2, 0) is 15.9 Å². The second-order valence-electron chi connectivity index (χ2n) is 10.1. The Balaban J connectivity index is 1.85. The molecule has 1 saturated heterocycles. The highest BCUT2D eigenvalue weighted by Crippen LogP contribution is 2.54. The molecule has 13 nitrogen and oxygen atoms in total. The van der Waals surface area contributed by atoms with E-state index in [1.165, 1.54) is 28.4 Å². The Morgan fingerprint density at radius 3 is 1.93 bits per heavy atom.